The molecule has 2 aliphatic rings. The molecule has 2 amide bonds. The van der Waals surface area contributed by atoms with Crippen LogP contribution in [0.3, 0.4) is 0 Å². The van der Waals surface area contributed by atoms with Crippen LogP contribution in [0.15, 0.2) is 4.34 Å². The Kier molecular flexibility index (Phi) is 5.94. The second-order valence-corrected chi connectivity index (χ2v) is 8.51. The molecule has 1 saturated heterocycles. The maximum absolute atomic E-state index is 12.4. The fraction of sp³-hybridized carbons (Fsp3) is 0.733. The van der Waals surface area contributed by atoms with E-state index in [1.165, 1.54) is 48.8 Å². The molecule has 1 saturated carbocycles. The number of carbonyl (C=O) groups is 2. The number of nitrogens with zero attached hydrogens (tertiary/aromatic N) is 4. The van der Waals surface area contributed by atoms with E-state index in [0.717, 1.165) is 35.7 Å². The summed E-state index contributed by atoms with van der Waals surface area (Å²) in [4.78, 5) is 27.3. The number of nitrogens with two attached hydrogens (primary N) is 1. The van der Waals surface area contributed by atoms with E-state index in [1.54, 1.807) is 0 Å². The summed E-state index contributed by atoms with van der Waals surface area (Å²) in [7, 11) is 0. The zero-order chi connectivity index (χ0) is 16.9. The molecular formula is C15H23N5O2S2. The molecule has 1 aliphatic carbocycles. The van der Waals surface area contributed by atoms with Crippen molar-refractivity contribution in [2.45, 2.75) is 36.4 Å². The number of carbonyl (C=O) groups excluding carboxylic acids is 2. The summed E-state index contributed by atoms with van der Waals surface area (Å²) in [5.74, 6) is 0.768. The van der Waals surface area contributed by atoms with Crippen molar-refractivity contribution in [3.8, 4) is 0 Å². The van der Waals surface area contributed by atoms with Crippen LogP contribution >= 0.6 is 23.1 Å². The maximum Gasteiger partial charge on any atom is 0.227 e. The Morgan fingerprint density at radius 3 is 2.54 bits per heavy atom. The summed E-state index contributed by atoms with van der Waals surface area (Å²) in [6.45, 7) is 3.06. The van der Waals surface area contributed by atoms with Crippen molar-refractivity contribution in [1.82, 2.24) is 15.1 Å². The molecule has 2 N–H and O–H groups in total. The largest absolute Gasteiger partial charge is 0.369 e. The molecular weight excluding hydrogens is 346 g/mol. The van der Waals surface area contributed by atoms with Gasteiger partial charge in [0.2, 0.25) is 16.9 Å². The minimum atomic E-state index is -0.355. The lowest BCUT2D eigenvalue weighted by atomic mass is 10.0. The molecule has 24 heavy (non-hydrogen) atoms. The van der Waals surface area contributed by atoms with E-state index in [2.05, 4.69) is 15.1 Å². The highest BCUT2D eigenvalue weighted by molar-refractivity contribution is 8.01. The van der Waals surface area contributed by atoms with Crippen molar-refractivity contribution < 1.29 is 9.59 Å². The summed E-state index contributed by atoms with van der Waals surface area (Å²) < 4.78 is 0.753. The standard InChI is InChI=1S/C15H23N5O2S2/c16-12(21)10-23-15-18-17-14(24-15)20-7-5-19(6-8-20)13(22)9-11-3-1-2-4-11/h11H,1-10H2,(H2,16,21). The third-order valence-electron chi connectivity index (χ3n) is 4.57. The van der Waals surface area contributed by atoms with Crippen LogP contribution in [0.4, 0.5) is 5.13 Å². The Labute approximate surface area is 150 Å². The van der Waals surface area contributed by atoms with E-state index < -0.39 is 0 Å². The summed E-state index contributed by atoms with van der Waals surface area (Å²) in [6, 6.07) is 0. The quantitative estimate of drug-likeness (QED) is 0.761. The molecule has 0 spiro atoms. The van der Waals surface area contributed by atoms with E-state index in [-0.39, 0.29) is 11.7 Å². The van der Waals surface area contributed by atoms with Crippen molar-refractivity contribution in [1.29, 1.82) is 0 Å². The highest BCUT2D eigenvalue weighted by Gasteiger charge is 2.26. The van der Waals surface area contributed by atoms with Gasteiger partial charge in [0.15, 0.2) is 4.34 Å². The number of rotatable bonds is 6. The molecule has 2 heterocycles. The van der Waals surface area contributed by atoms with Crippen molar-refractivity contribution >= 4 is 40.0 Å². The van der Waals surface area contributed by atoms with Crippen molar-refractivity contribution in [3.63, 3.8) is 0 Å². The van der Waals surface area contributed by atoms with Gasteiger partial charge in [0, 0.05) is 32.6 Å². The lowest BCUT2D eigenvalue weighted by Crippen LogP contribution is -2.49. The zero-order valence-corrected chi connectivity index (χ0v) is 15.3. The number of piperazine rings is 1. The van der Waals surface area contributed by atoms with Gasteiger partial charge in [-0.2, -0.15) is 0 Å². The molecule has 132 valence electrons. The van der Waals surface area contributed by atoms with Crippen LogP contribution < -0.4 is 10.6 Å². The van der Waals surface area contributed by atoms with Gasteiger partial charge in [-0.1, -0.05) is 35.9 Å². The van der Waals surface area contributed by atoms with Crippen LogP contribution in [0.1, 0.15) is 32.1 Å². The zero-order valence-electron chi connectivity index (χ0n) is 13.6. The Morgan fingerprint density at radius 1 is 1.17 bits per heavy atom. The fourth-order valence-corrected chi connectivity index (χ4v) is 4.89. The van der Waals surface area contributed by atoms with Crippen LogP contribution in [0.5, 0.6) is 0 Å². The average Bonchev–Trinajstić information content (AvgIpc) is 3.24. The van der Waals surface area contributed by atoms with E-state index in [0.29, 0.717) is 18.2 Å². The highest BCUT2D eigenvalue weighted by atomic mass is 32.2. The van der Waals surface area contributed by atoms with Gasteiger partial charge < -0.3 is 15.5 Å². The molecule has 7 nitrogen and oxygen atoms in total. The Hall–Kier alpha value is -1.35. The minimum Gasteiger partial charge on any atom is -0.369 e. The van der Waals surface area contributed by atoms with Crippen molar-refractivity contribution in [3.05, 3.63) is 0 Å². The van der Waals surface area contributed by atoms with Gasteiger partial charge >= 0.3 is 0 Å². The first-order chi connectivity index (χ1) is 11.6. The molecule has 0 bridgehead atoms. The predicted octanol–water partition coefficient (Wildman–Crippen LogP) is 1.34. The first kappa shape index (κ1) is 17.5. The summed E-state index contributed by atoms with van der Waals surface area (Å²) >= 11 is 2.79. The second-order valence-electron chi connectivity index (χ2n) is 6.33. The molecule has 0 atom stereocenters. The monoisotopic (exact) mass is 369 g/mol. The van der Waals surface area contributed by atoms with E-state index in [9.17, 15) is 9.59 Å². The topological polar surface area (TPSA) is 92.4 Å². The van der Waals surface area contributed by atoms with Gasteiger partial charge in [0.25, 0.3) is 0 Å². The lowest BCUT2D eigenvalue weighted by molar-refractivity contribution is -0.132. The van der Waals surface area contributed by atoms with Gasteiger partial charge in [0.1, 0.15) is 0 Å². The summed E-state index contributed by atoms with van der Waals surface area (Å²) in [5.41, 5.74) is 5.14. The van der Waals surface area contributed by atoms with Gasteiger partial charge in [-0.15, -0.1) is 10.2 Å². The molecule has 3 rings (SSSR count). The molecule has 1 aromatic heterocycles. The highest BCUT2D eigenvalue weighted by Crippen LogP contribution is 2.30. The molecule has 0 unspecified atom stereocenters. The van der Waals surface area contributed by atoms with Crippen LogP contribution in [0.25, 0.3) is 0 Å². The number of hydrogen-bond acceptors (Lipinski definition) is 7. The summed E-state index contributed by atoms with van der Waals surface area (Å²) in [6.07, 6.45) is 5.69. The Bertz CT molecular complexity index is 580. The first-order valence-electron chi connectivity index (χ1n) is 8.39. The smallest absolute Gasteiger partial charge is 0.227 e. The van der Waals surface area contributed by atoms with Crippen molar-refractivity contribution in [2.75, 3.05) is 36.8 Å². The molecule has 0 radical (unpaired) electrons. The van der Waals surface area contributed by atoms with Gasteiger partial charge in [-0.25, -0.2) is 0 Å². The van der Waals surface area contributed by atoms with Crippen LogP contribution in [-0.4, -0.2) is 58.8 Å². The third-order valence-corrected chi connectivity index (χ3v) is 6.71. The van der Waals surface area contributed by atoms with Gasteiger partial charge in [0.05, 0.1) is 5.75 Å². The number of anilines is 1. The molecule has 1 aromatic rings. The number of thioether (sulfide) groups is 1. The minimum absolute atomic E-state index is 0.220. The summed E-state index contributed by atoms with van der Waals surface area (Å²) in [5, 5.41) is 9.13. The predicted molar refractivity (Wildman–Crippen MR) is 95.2 cm³/mol. The number of aromatic nitrogens is 2. The van der Waals surface area contributed by atoms with Crippen LogP contribution in [0, 0.1) is 5.92 Å². The molecule has 9 heteroatoms. The second kappa shape index (κ2) is 8.15. The lowest BCUT2D eigenvalue weighted by Gasteiger charge is -2.34. The Balaban J connectivity index is 1.46. The number of primary amides is 1. The Morgan fingerprint density at radius 2 is 1.88 bits per heavy atom. The fourth-order valence-electron chi connectivity index (χ4n) is 3.26. The van der Waals surface area contributed by atoms with E-state index >= 15 is 0 Å². The SMILES string of the molecule is NC(=O)CSc1nnc(N2CCN(C(=O)CC3CCCC3)CC2)s1. The van der Waals surface area contributed by atoms with Gasteiger partial charge in [-0.05, 0) is 18.8 Å². The average molecular weight is 370 g/mol. The van der Waals surface area contributed by atoms with E-state index in [4.69, 9.17) is 5.73 Å². The van der Waals surface area contributed by atoms with Crippen molar-refractivity contribution in [2.24, 2.45) is 11.7 Å². The number of amides is 2. The van der Waals surface area contributed by atoms with E-state index in [1.807, 2.05) is 4.90 Å². The number of hydrogen-bond donors (Lipinski definition) is 1. The first-order valence-corrected chi connectivity index (χ1v) is 10.2. The van der Waals surface area contributed by atoms with Crippen LogP contribution in [0.2, 0.25) is 0 Å². The third kappa shape index (κ3) is 4.60. The van der Waals surface area contributed by atoms with Gasteiger partial charge in [-0.3, -0.25) is 9.59 Å². The molecule has 0 aromatic carbocycles. The molecule has 1 aliphatic heterocycles. The van der Waals surface area contributed by atoms with Crippen LogP contribution in [-0.2, 0) is 9.59 Å². The molecule has 2 fully saturated rings. The normalized spacial score (nSPS) is 19.0. The maximum atomic E-state index is 12.4.